The summed E-state index contributed by atoms with van der Waals surface area (Å²) < 4.78 is 16.3. The Morgan fingerprint density at radius 1 is 1.17 bits per heavy atom. The van der Waals surface area contributed by atoms with E-state index < -0.39 is 5.97 Å². The summed E-state index contributed by atoms with van der Waals surface area (Å²) in [6.07, 6.45) is 3.16. The van der Waals surface area contributed by atoms with Crippen molar-refractivity contribution in [3.8, 4) is 11.5 Å². The number of benzene rings is 1. The number of hydrogen-bond acceptors (Lipinski definition) is 7. The van der Waals surface area contributed by atoms with Crippen molar-refractivity contribution in [1.82, 2.24) is 4.98 Å². The molecular formula is C22H28N2O5S. The Morgan fingerprint density at radius 2 is 1.93 bits per heavy atom. The summed E-state index contributed by atoms with van der Waals surface area (Å²) in [4.78, 5) is 32.0. The number of anilines is 1. The Hall–Kier alpha value is -2.61. The Labute approximate surface area is 181 Å². The van der Waals surface area contributed by atoms with E-state index in [-0.39, 0.29) is 12.3 Å². The van der Waals surface area contributed by atoms with Gasteiger partial charge in [0.1, 0.15) is 18.1 Å². The first kappa shape index (κ1) is 22.1. The molecule has 30 heavy (non-hydrogen) atoms. The molecule has 0 aliphatic carbocycles. The number of fused-ring (bicyclic) bond motifs is 1. The van der Waals surface area contributed by atoms with E-state index in [4.69, 9.17) is 14.2 Å². The van der Waals surface area contributed by atoms with Crippen LogP contribution in [0.3, 0.4) is 0 Å². The second kappa shape index (κ2) is 10.4. The molecule has 0 bridgehead atoms. The van der Waals surface area contributed by atoms with E-state index in [1.165, 1.54) is 11.3 Å². The number of amides is 1. The Balaban J connectivity index is 1.80. The van der Waals surface area contributed by atoms with Crippen molar-refractivity contribution >= 4 is 28.3 Å². The molecule has 0 N–H and O–H groups in total. The lowest BCUT2D eigenvalue weighted by molar-refractivity contribution is -0.118. The van der Waals surface area contributed by atoms with Gasteiger partial charge in [-0.2, -0.15) is 0 Å². The molecule has 3 rings (SSSR count). The molecule has 0 spiro atoms. The quantitative estimate of drug-likeness (QED) is 0.437. The fraction of sp³-hybridized carbons (Fsp3) is 0.500. The smallest absolute Gasteiger partial charge is 0.350 e. The summed E-state index contributed by atoms with van der Waals surface area (Å²) in [6.45, 7) is 7.55. The van der Waals surface area contributed by atoms with Crippen LogP contribution in [0.25, 0.3) is 0 Å². The van der Waals surface area contributed by atoms with Crippen LogP contribution in [0.1, 0.15) is 54.0 Å². The minimum Gasteiger partial charge on any atom is -0.486 e. The van der Waals surface area contributed by atoms with E-state index in [9.17, 15) is 9.59 Å². The van der Waals surface area contributed by atoms with Crippen molar-refractivity contribution in [1.29, 1.82) is 0 Å². The fourth-order valence-electron chi connectivity index (χ4n) is 3.20. The van der Waals surface area contributed by atoms with Crippen molar-refractivity contribution in [2.45, 2.75) is 46.5 Å². The first-order chi connectivity index (χ1) is 14.5. The molecule has 2 heterocycles. The largest absolute Gasteiger partial charge is 0.486 e. The van der Waals surface area contributed by atoms with Crippen molar-refractivity contribution in [3.05, 3.63) is 34.3 Å². The molecule has 1 aromatic heterocycles. The first-order valence-corrected chi connectivity index (χ1v) is 11.2. The van der Waals surface area contributed by atoms with E-state index in [0.29, 0.717) is 53.6 Å². The maximum Gasteiger partial charge on any atom is 0.350 e. The number of aromatic nitrogens is 1. The summed E-state index contributed by atoms with van der Waals surface area (Å²) in [5, 5.41) is 0.536. The van der Waals surface area contributed by atoms with Gasteiger partial charge >= 0.3 is 5.97 Å². The Morgan fingerprint density at radius 3 is 2.67 bits per heavy atom. The zero-order valence-corrected chi connectivity index (χ0v) is 18.5. The number of carbonyl (C=O) groups is 2. The number of esters is 1. The van der Waals surface area contributed by atoms with E-state index in [0.717, 1.165) is 24.8 Å². The van der Waals surface area contributed by atoms with Gasteiger partial charge in [0.15, 0.2) is 16.6 Å². The van der Waals surface area contributed by atoms with Gasteiger partial charge in [-0.15, -0.1) is 0 Å². The number of unbranched alkanes of at least 4 members (excludes halogenated alkanes) is 2. The van der Waals surface area contributed by atoms with Crippen LogP contribution in [0.4, 0.5) is 5.13 Å². The van der Waals surface area contributed by atoms with Crippen LogP contribution in [0.15, 0.2) is 18.2 Å². The van der Waals surface area contributed by atoms with Crippen LogP contribution in [-0.4, -0.2) is 43.2 Å². The van der Waals surface area contributed by atoms with E-state index in [2.05, 4.69) is 11.9 Å². The molecule has 162 valence electrons. The van der Waals surface area contributed by atoms with Gasteiger partial charge in [-0.25, -0.2) is 9.78 Å². The fourth-order valence-corrected chi connectivity index (χ4v) is 4.20. The molecule has 0 saturated heterocycles. The number of carbonyl (C=O) groups excluding carboxylic acids is 2. The van der Waals surface area contributed by atoms with Crippen LogP contribution < -0.4 is 14.4 Å². The minimum absolute atomic E-state index is 0.0630. The Kier molecular flexibility index (Phi) is 7.68. The van der Waals surface area contributed by atoms with Crippen molar-refractivity contribution in [2.75, 3.05) is 31.3 Å². The summed E-state index contributed by atoms with van der Waals surface area (Å²) >= 11 is 1.21. The Bertz CT molecular complexity index is 896. The maximum absolute atomic E-state index is 13.2. The number of aryl methyl sites for hydroxylation is 1. The second-order valence-corrected chi connectivity index (χ2v) is 8.02. The third kappa shape index (κ3) is 5.30. The van der Waals surface area contributed by atoms with Crippen molar-refractivity contribution in [2.24, 2.45) is 0 Å². The van der Waals surface area contributed by atoms with Crippen LogP contribution in [-0.2, 0) is 16.0 Å². The highest BCUT2D eigenvalue weighted by Gasteiger charge is 2.24. The third-order valence-electron chi connectivity index (χ3n) is 4.73. The molecule has 1 aliphatic rings. The number of rotatable bonds is 9. The first-order valence-electron chi connectivity index (χ1n) is 10.4. The summed E-state index contributed by atoms with van der Waals surface area (Å²) in [5.41, 5.74) is 1.43. The second-order valence-electron chi connectivity index (χ2n) is 7.04. The highest BCUT2D eigenvalue weighted by atomic mass is 32.1. The predicted molar refractivity (Wildman–Crippen MR) is 116 cm³/mol. The summed E-state index contributed by atoms with van der Waals surface area (Å²) in [6, 6.07) is 5.57. The normalized spacial score (nSPS) is 12.5. The van der Waals surface area contributed by atoms with E-state index in [1.54, 1.807) is 18.7 Å². The molecule has 1 aromatic carbocycles. The third-order valence-corrected chi connectivity index (χ3v) is 5.89. The molecule has 0 atom stereocenters. The molecule has 0 saturated carbocycles. The molecule has 1 aliphatic heterocycles. The van der Waals surface area contributed by atoms with Crippen LogP contribution in [0, 0.1) is 6.92 Å². The van der Waals surface area contributed by atoms with Gasteiger partial charge in [0.25, 0.3) is 0 Å². The minimum atomic E-state index is -0.397. The molecule has 0 fully saturated rings. The monoisotopic (exact) mass is 432 g/mol. The maximum atomic E-state index is 13.2. The average molecular weight is 433 g/mol. The number of hydrogen-bond donors (Lipinski definition) is 0. The lowest BCUT2D eigenvalue weighted by atomic mass is 10.1. The van der Waals surface area contributed by atoms with Gasteiger partial charge in [-0.05, 0) is 38.0 Å². The summed E-state index contributed by atoms with van der Waals surface area (Å²) in [5.74, 6) is 0.907. The van der Waals surface area contributed by atoms with Crippen LogP contribution in [0.5, 0.6) is 11.5 Å². The standard InChI is InChI=1S/C22H28N2O5S/c1-4-6-7-10-24(22-23-15(3)20(30-22)21(26)27-5-2)19(25)14-16-8-9-17-18(13-16)29-12-11-28-17/h8-9,13H,4-7,10-12,14H2,1-3H3. The highest BCUT2D eigenvalue weighted by Crippen LogP contribution is 2.32. The van der Waals surface area contributed by atoms with Crippen molar-refractivity contribution in [3.63, 3.8) is 0 Å². The molecule has 2 aromatic rings. The van der Waals surface area contributed by atoms with Crippen LogP contribution in [0.2, 0.25) is 0 Å². The van der Waals surface area contributed by atoms with Gasteiger partial charge in [-0.1, -0.05) is 37.2 Å². The van der Waals surface area contributed by atoms with Gasteiger partial charge in [-0.3, -0.25) is 9.69 Å². The predicted octanol–water partition coefficient (Wildman–Crippen LogP) is 4.17. The number of thiazole rings is 1. The highest BCUT2D eigenvalue weighted by molar-refractivity contribution is 7.17. The molecule has 1 amide bonds. The SMILES string of the molecule is CCCCCN(C(=O)Cc1ccc2c(c1)OCCO2)c1nc(C)c(C(=O)OCC)s1. The van der Waals surface area contributed by atoms with Crippen molar-refractivity contribution < 1.29 is 23.8 Å². The average Bonchev–Trinajstić information content (AvgIpc) is 3.12. The van der Waals surface area contributed by atoms with E-state index in [1.807, 2.05) is 18.2 Å². The lowest BCUT2D eigenvalue weighted by Gasteiger charge is -2.21. The number of nitrogens with zero attached hydrogens (tertiary/aromatic N) is 2. The lowest BCUT2D eigenvalue weighted by Crippen LogP contribution is -2.33. The summed E-state index contributed by atoms with van der Waals surface area (Å²) in [7, 11) is 0. The molecule has 7 nitrogen and oxygen atoms in total. The van der Waals surface area contributed by atoms with Gasteiger partial charge in [0.05, 0.1) is 18.7 Å². The zero-order chi connectivity index (χ0) is 21.5. The molecule has 0 unspecified atom stereocenters. The van der Waals surface area contributed by atoms with E-state index >= 15 is 0 Å². The van der Waals surface area contributed by atoms with Gasteiger partial charge < -0.3 is 14.2 Å². The van der Waals surface area contributed by atoms with Crippen LogP contribution >= 0.6 is 11.3 Å². The molecular weight excluding hydrogens is 404 g/mol. The molecule has 8 heteroatoms. The molecule has 0 radical (unpaired) electrons. The topological polar surface area (TPSA) is 78.0 Å². The van der Waals surface area contributed by atoms with Gasteiger partial charge in [0.2, 0.25) is 5.91 Å². The van der Waals surface area contributed by atoms with Gasteiger partial charge in [0, 0.05) is 6.54 Å². The number of ether oxygens (including phenoxy) is 3. The zero-order valence-electron chi connectivity index (χ0n) is 17.7.